The van der Waals surface area contributed by atoms with Crippen LogP contribution in [0.4, 0.5) is 0 Å². The first-order valence-electron chi connectivity index (χ1n) is 8.26. The van der Waals surface area contributed by atoms with Crippen LogP contribution < -0.4 is 5.32 Å². The molecular weight excluding hydrogens is 405 g/mol. The Morgan fingerprint density at radius 1 is 0.964 bits per heavy atom. The Kier molecular flexibility index (Phi) is 7.78. The number of nitrogens with one attached hydrogen (secondary N) is 1. The van der Waals surface area contributed by atoms with Crippen LogP contribution in [0, 0.1) is 0 Å². The molecule has 28 heavy (non-hydrogen) atoms. The van der Waals surface area contributed by atoms with Crippen LogP contribution >= 0.6 is 19.2 Å². The van der Waals surface area contributed by atoms with Gasteiger partial charge in [0.25, 0.3) is 5.91 Å². The molecule has 0 saturated carbocycles. The molecular formula is C19H21ClNO6P. The van der Waals surface area contributed by atoms with Gasteiger partial charge in [0, 0.05) is 24.8 Å². The highest BCUT2D eigenvalue weighted by molar-refractivity contribution is 7.54. The van der Waals surface area contributed by atoms with E-state index in [2.05, 4.69) is 5.32 Å². The molecule has 2 aromatic carbocycles. The van der Waals surface area contributed by atoms with E-state index in [1.54, 1.807) is 54.6 Å². The zero-order valence-corrected chi connectivity index (χ0v) is 17.3. The summed E-state index contributed by atoms with van der Waals surface area (Å²) in [6.07, 6.45) is 0. The minimum atomic E-state index is -3.86. The van der Waals surface area contributed by atoms with Gasteiger partial charge in [-0.05, 0) is 29.8 Å². The van der Waals surface area contributed by atoms with E-state index in [0.717, 1.165) is 0 Å². The number of rotatable bonds is 8. The summed E-state index contributed by atoms with van der Waals surface area (Å²) in [5.41, 5.74) is -0.393. The van der Waals surface area contributed by atoms with E-state index < -0.39 is 31.2 Å². The quantitative estimate of drug-likeness (QED) is 0.510. The van der Waals surface area contributed by atoms with Gasteiger partial charge >= 0.3 is 13.6 Å². The van der Waals surface area contributed by atoms with Crippen molar-refractivity contribution in [3.8, 4) is 0 Å². The van der Waals surface area contributed by atoms with Crippen molar-refractivity contribution in [2.24, 2.45) is 0 Å². The monoisotopic (exact) mass is 425 g/mol. The van der Waals surface area contributed by atoms with Crippen molar-refractivity contribution < 1.29 is 27.9 Å². The molecule has 9 heteroatoms. The third kappa shape index (κ3) is 5.00. The normalized spacial score (nSPS) is 13.4. The fraction of sp³-hybridized carbons (Fsp3) is 0.263. The number of hydrogen-bond acceptors (Lipinski definition) is 6. The first-order chi connectivity index (χ1) is 13.4. The van der Waals surface area contributed by atoms with Crippen molar-refractivity contribution in [3.05, 3.63) is 70.7 Å². The molecule has 1 N–H and O–H groups in total. The molecule has 2 rings (SSSR count). The third-order valence-corrected chi connectivity index (χ3v) is 6.70. The number of methoxy groups -OCH3 is 1. The average Bonchev–Trinajstić information content (AvgIpc) is 2.74. The molecule has 1 amide bonds. The van der Waals surface area contributed by atoms with Crippen molar-refractivity contribution in [2.75, 3.05) is 21.3 Å². The van der Waals surface area contributed by atoms with E-state index in [0.29, 0.717) is 16.1 Å². The summed E-state index contributed by atoms with van der Waals surface area (Å²) in [5, 5.41) is 3.05. The van der Waals surface area contributed by atoms with Gasteiger partial charge in [0.05, 0.1) is 7.11 Å². The van der Waals surface area contributed by atoms with Crippen LogP contribution in [-0.2, 0) is 23.1 Å². The predicted molar refractivity (Wildman–Crippen MR) is 106 cm³/mol. The van der Waals surface area contributed by atoms with Gasteiger partial charge in [-0.3, -0.25) is 9.36 Å². The third-order valence-electron chi connectivity index (χ3n) is 4.15. The molecule has 0 aliphatic heterocycles. The second kappa shape index (κ2) is 9.85. The lowest BCUT2D eigenvalue weighted by Gasteiger charge is -2.30. The Hall–Kier alpha value is -2.18. The minimum absolute atomic E-state index is 0.330. The Morgan fingerprint density at radius 2 is 1.54 bits per heavy atom. The summed E-state index contributed by atoms with van der Waals surface area (Å²) in [5.74, 6) is -1.33. The van der Waals surface area contributed by atoms with Gasteiger partial charge in [-0.25, -0.2) is 4.79 Å². The number of esters is 1. The maximum atomic E-state index is 13.3. The molecule has 0 saturated heterocycles. The van der Waals surface area contributed by atoms with Gasteiger partial charge < -0.3 is 19.1 Å². The van der Waals surface area contributed by atoms with Crippen LogP contribution in [0.1, 0.15) is 21.6 Å². The lowest BCUT2D eigenvalue weighted by molar-refractivity contribution is -0.143. The van der Waals surface area contributed by atoms with Crippen LogP contribution in [0.2, 0.25) is 5.02 Å². The lowest BCUT2D eigenvalue weighted by Crippen LogP contribution is -2.45. The van der Waals surface area contributed by atoms with E-state index in [9.17, 15) is 14.2 Å². The van der Waals surface area contributed by atoms with Crippen LogP contribution in [0.3, 0.4) is 0 Å². The molecule has 0 bridgehead atoms. The summed E-state index contributed by atoms with van der Waals surface area (Å²) in [6, 6.07) is 13.3. The van der Waals surface area contributed by atoms with Crippen molar-refractivity contribution in [3.63, 3.8) is 0 Å². The van der Waals surface area contributed by atoms with Gasteiger partial charge in [-0.1, -0.05) is 41.9 Å². The fourth-order valence-electron chi connectivity index (χ4n) is 2.73. The molecule has 0 aromatic heterocycles. The smallest absolute Gasteiger partial charge is 0.340 e. The molecule has 0 spiro atoms. The van der Waals surface area contributed by atoms with Crippen LogP contribution in [-0.4, -0.2) is 39.2 Å². The Balaban J connectivity index is 2.52. The van der Waals surface area contributed by atoms with E-state index in [1.807, 2.05) is 0 Å². The summed E-state index contributed by atoms with van der Waals surface area (Å²) in [4.78, 5) is 25.2. The molecule has 0 aliphatic carbocycles. The zero-order valence-electron chi connectivity index (χ0n) is 15.6. The van der Waals surface area contributed by atoms with Gasteiger partial charge in [0.15, 0.2) is 0 Å². The second-order valence-electron chi connectivity index (χ2n) is 5.74. The molecule has 7 nitrogen and oxygen atoms in total. The number of ether oxygens (including phenoxy) is 1. The van der Waals surface area contributed by atoms with Crippen molar-refractivity contribution in [1.82, 2.24) is 5.32 Å². The molecule has 0 fully saturated rings. The largest absolute Gasteiger partial charge is 0.467 e. The number of amides is 1. The fourth-order valence-corrected chi connectivity index (χ4v) is 4.56. The van der Waals surface area contributed by atoms with Crippen LogP contribution in [0.15, 0.2) is 54.6 Å². The summed E-state index contributed by atoms with van der Waals surface area (Å²) < 4.78 is 28.4. The Bertz CT molecular complexity index is 850. The Morgan fingerprint density at radius 3 is 2.04 bits per heavy atom. The second-order valence-corrected chi connectivity index (χ2v) is 8.54. The molecule has 0 radical (unpaired) electrons. The lowest BCUT2D eigenvalue weighted by atomic mass is 10.0. The highest BCUT2D eigenvalue weighted by atomic mass is 35.5. The highest BCUT2D eigenvalue weighted by Crippen LogP contribution is 2.61. The van der Waals surface area contributed by atoms with Crippen molar-refractivity contribution in [1.29, 1.82) is 0 Å². The molecule has 2 aromatic rings. The number of carbonyl (C=O) groups is 2. The maximum absolute atomic E-state index is 13.3. The summed E-state index contributed by atoms with van der Waals surface area (Å²) in [7, 11) is -0.266. The van der Waals surface area contributed by atoms with Crippen molar-refractivity contribution >= 4 is 31.1 Å². The first-order valence-corrected chi connectivity index (χ1v) is 10.3. The average molecular weight is 426 g/mol. The molecule has 0 unspecified atom stereocenters. The zero-order chi connectivity index (χ0) is 20.7. The maximum Gasteiger partial charge on any atom is 0.340 e. The van der Waals surface area contributed by atoms with Crippen molar-refractivity contribution in [2.45, 2.75) is 11.7 Å². The summed E-state index contributed by atoms with van der Waals surface area (Å²) >= 11 is 5.94. The van der Waals surface area contributed by atoms with Gasteiger partial charge in [0.1, 0.15) is 11.7 Å². The van der Waals surface area contributed by atoms with E-state index in [4.69, 9.17) is 25.4 Å². The molecule has 0 aliphatic rings. The number of hydrogen-bond donors (Lipinski definition) is 1. The minimum Gasteiger partial charge on any atom is -0.467 e. The molecule has 150 valence electrons. The summed E-state index contributed by atoms with van der Waals surface area (Å²) in [6.45, 7) is 0. The van der Waals surface area contributed by atoms with E-state index in [1.165, 1.54) is 21.3 Å². The Labute approximate surface area is 168 Å². The number of benzene rings is 2. The van der Waals surface area contributed by atoms with Gasteiger partial charge in [-0.2, -0.15) is 0 Å². The van der Waals surface area contributed by atoms with Gasteiger partial charge in [0.2, 0.25) is 0 Å². The SMILES string of the molecule is COC(=O)[C@H](NC(=O)c1ccccc1)[C@@H](c1ccc(Cl)cc1)P(=O)(OC)OC. The molecule has 2 atom stereocenters. The topological polar surface area (TPSA) is 90.9 Å². The van der Waals surface area contributed by atoms with Gasteiger partial charge in [-0.15, -0.1) is 0 Å². The van der Waals surface area contributed by atoms with Crippen LogP contribution in [0.5, 0.6) is 0 Å². The first kappa shape index (κ1) is 22.1. The van der Waals surface area contributed by atoms with E-state index >= 15 is 0 Å². The molecule has 0 heterocycles. The highest BCUT2D eigenvalue weighted by Gasteiger charge is 2.46. The van der Waals surface area contributed by atoms with Crippen LogP contribution in [0.25, 0.3) is 0 Å². The van der Waals surface area contributed by atoms with E-state index in [-0.39, 0.29) is 0 Å². The standard InChI is InChI=1S/C19H21ClNO6P/c1-25-19(23)16(21-18(22)14-7-5-4-6-8-14)17(28(24,26-2)27-3)13-9-11-15(20)12-10-13/h4-12,16-17H,1-3H3,(H,21,22)/t16-,17-/m1/s1. The number of carbonyl (C=O) groups excluding carboxylic acids is 2. The predicted octanol–water partition coefficient (Wildman–Crippen LogP) is 3.84. The number of halogens is 1.